The Morgan fingerprint density at radius 1 is 1.12 bits per heavy atom. The van der Waals surface area contributed by atoms with Gasteiger partial charge in [0.1, 0.15) is 5.75 Å². The number of alkyl halides is 3. The van der Waals surface area contributed by atoms with E-state index >= 15 is 0 Å². The maximum Gasteiger partial charge on any atom is 0.412 e. The van der Waals surface area contributed by atoms with E-state index in [0.29, 0.717) is 5.75 Å². The number of hydrogen-bond acceptors (Lipinski definition) is 2. The summed E-state index contributed by atoms with van der Waals surface area (Å²) in [5, 5.41) is 4.34. The lowest BCUT2D eigenvalue weighted by Gasteiger charge is -2.22. The average molecular weight is 338 g/mol. The lowest BCUT2D eigenvalue weighted by Crippen LogP contribution is -2.40. The van der Waals surface area contributed by atoms with Gasteiger partial charge in [0.05, 0.1) is 12.8 Å². The molecular formula is C17H17F3N2O2. The first kappa shape index (κ1) is 17.7. The second kappa shape index (κ2) is 7.25. The van der Waals surface area contributed by atoms with Gasteiger partial charge in [0, 0.05) is 0 Å². The fraction of sp³-hybridized carbons (Fsp3) is 0.235. The van der Waals surface area contributed by atoms with Crippen LogP contribution in [-0.4, -0.2) is 19.3 Å². The lowest BCUT2D eigenvalue weighted by molar-refractivity contribution is -0.154. The summed E-state index contributed by atoms with van der Waals surface area (Å²) in [6.45, 7) is 1.83. The molecule has 1 unspecified atom stereocenters. The van der Waals surface area contributed by atoms with Crippen LogP contribution in [0.15, 0.2) is 48.5 Å². The molecule has 0 aliphatic heterocycles. The fourth-order valence-corrected chi connectivity index (χ4v) is 2.19. The second-order valence-corrected chi connectivity index (χ2v) is 5.19. The SMILES string of the molecule is COc1cc(C)ccc1NC(=O)NC(c1ccccc1)C(F)(F)F. The molecule has 0 saturated heterocycles. The van der Waals surface area contributed by atoms with E-state index in [0.717, 1.165) is 5.56 Å². The molecule has 1 atom stereocenters. The Balaban J connectivity index is 2.17. The zero-order valence-corrected chi connectivity index (χ0v) is 13.1. The number of anilines is 1. The van der Waals surface area contributed by atoms with E-state index in [1.807, 2.05) is 12.2 Å². The van der Waals surface area contributed by atoms with Crippen LogP contribution in [0.3, 0.4) is 0 Å². The van der Waals surface area contributed by atoms with Crippen molar-refractivity contribution in [2.45, 2.75) is 19.1 Å². The highest BCUT2D eigenvalue weighted by atomic mass is 19.4. The Bertz CT molecular complexity index is 703. The Morgan fingerprint density at radius 3 is 2.38 bits per heavy atom. The molecule has 2 amide bonds. The molecule has 24 heavy (non-hydrogen) atoms. The van der Waals surface area contributed by atoms with Gasteiger partial charge in [0.15, 0.2) is 6.04 Å². The van der Waals surface area contributed by atoms with Crippen molar-refractivity contribution in [2.75, 3.05) is 12.4 Å². The van der Waals surface area contributed by atoms with Crippen LogP contribution >= 0.6 is 0 Å². The predicted molar refractivity (Wildman–Crippen MR) is 85.1 cm³/mol. The highest BCUT2D eigenvalue weighted by Crippen LogP contribution is 2.33. The third kappa shape index (κ3) is 4.41. The smallest absolute Gasteiger partial charge is 0.412 e. The van der Waals surface area contributed by atoms with Crippen molar-refractivity contribution in [1.82, 2.24) is 5.32 Å². The van der Waals surface area contributed by atoms with E-state index in [1.165, 1.54) is 31.4 Å². The van der Waals surface area contributed by atoms with Gasteiger partial charge in [-0.1, -0.05) is 36.4 Å². The number of amides is 2. The number of aryl methyl sites for hydroxylation is 1. The molecule has 2 N–H and O–H groups in total. The fourth-order valence-electron chi connectivity index (χ4n) is 2.19. The minimum absolute atomic E-state index is 0.0454. The average Bonchev–Trinajstić information content (AvgIpc) is 2.54. The zero-order chi connectivity index (χ0) is 17.7. The first-order valence-electron chi connectivity index (χ1n) is 7.15. The van der Waals surface area contributed by atoms with Gasteiger partial charge in [-0.05, 0) is 30.2 Å². The van der Waals surface area contributed by atoms with Crippen molar-refractivity contribution in [3.63, 3.8) is 0 Å². The molecule has 0 aliphatic carbocycles. The summed E-state index contributed by atoms with van der Waals surface area (Å²) in [5.41, 5.74) is 1.14. The van der Waals surface area contributed by atoms with Crippen molar-refractivity contribution < 1.29 is 22.7 Å². The Kier molecular flexibility index (Phi) is 5.33. The molecule has 0 aromatic heterocycles. The van der Waals surface area contributed by atoms with Crippen LogP contribution in [0.1, 0.15) is 17.2 Å². The second-order valence-electron chi connectivity index (χ2n) is 5.19. The molecule has 0 fully saturated rings. The molecular weight excluding hydrogens is 321 g/mol. The number of carbonyl (C=O) groups excluding carboxylic acids is 1. The number of nitrogens with one attached hydrogen (secondary N) is 2. The number of halogens is 3. The highest BCUT2D eigenvalue weighted by molar-refractivity contribution is 5.91. The third-order valence-corrected chi connectivity index (χ3v) is 3.34. The molecule has 128 valence electrons. The zero-order valence-electron chi connectivity index (χ0n) is 13.1. The molecule has 2 aromatic carbocycles. The topological polar surface area (TPSA) is 50.4 Å². The summed E-state index contributed by atoms with van der Waals surface area (Å²) in [6.07, 6.45) is -4.62. The summed E-state index contributed by atoms with van der Waals surface area (Å²) in [6, 6.07) is 9.08. The molecule has 0 bridgehead atoms. The minimum Gasteiger partial charge on any atom is -0.495 e. The maximum atomic E-state index is 13.2. The Morgan fingerprint density at radius 2 is 1.79 bits per heavy atom. The van der Waals surface area contributed by atoms with E-state index < -0.39 is 18.2 Å². The van der Waals surface area contributed by atoms with Crippen LogP contribution in [-0.2, 0) is 0 Å². The quantitative estimate of drug-likeness (QED) is 0.866. The van der Waals surface area contributed by atoms with Crippen LogP contribution in [0.2, 0.25) is 0 Å². The molecule has 2 aromatic rings. The van der Waals surface area contributed by atoms with E-state index in [9.17, 15) is 18.0 Å². The summed E-state index contributed by atoms with van der Waals surface area (Å²) in [7, 11) is 1.42. The molecule has 4 nitrogen and oxygen atoms in total. The number of rotatable bonds is 4. The predicted octanol–water partition coefficient (Wildman–Crippen LogP) is 4.43. The lowest BCUT2D eigenvalue weighted by atomic mass is 10.1. The first-order chi connectivity index (χ1) is 11.3. The maximum absolute atomic E-state index is 13.2. The van der Waals surface area contributed by atoms with Crippen molar-refractivity contribution in [1.29, 1.82) is 0 Å². The van der Waals surface area contributed by atoms with E-state index in [2.05, 4.69) is 5.32 Å². The van der Waals surface area contributed by atoms with Gasteiger partial charge < -0.3 is 15.4 Å². The van der Waals surface area contributed by atoms with Gasteiger partial charge in [-0.15, -0.1) is 0 Å². The van der Waals surface area contributed by atoms with Gasteiger partial charge in [0.2, 0.25) is 0 Å². The van der Waals surface area contributed by atoms with Crippen LogP contribution in [0.5, 0.6) is 5.75 Å². The summed E-state index contributed by atoms with van der Waals surface area (Å²) >= 11 is 0. The molecule has 0 spiro atoms. The number of ether oxygens (including phenoxy) is 1. The molecule has 0 saturated carbocycles. The van der Waals surface area contributed by atoms with E-state index in [4.69, 9.17) is 4.74 Å². The molecule has 0 heterocycles. The molecule has 7 heteroatoms. The van der Waals surface area contributed by atoms with Crippen molar-refractivity contribution in [3.8, 4) is 5.75 Å². The first-order valence-corrected chi connectivity index (χ1v) is 7.15. The summed E-state index contributed by atoms with van der Waals surface area (Å²) < 4.78 is 44.8. The van der Waals surface area contributed by atoms with Crippen LogP contribution < -0.4 is 15.4 Å². The molecule has 0 aliphatic rings. The van der Waals surface area contributed by atoms with Gasteiger partial charge in [0.25, 0.3) is 0 Å². The number of benzene rings is 2. The van der Waals surface area contributed by atoms with Crippen LogP contribution in [0, 0.1) is 6.92 Å². The van der Waals surface area contributed by atoms with Crippen molar-refractivity contribution >= 4 is 11.7 Å². The van der Waals surface area contributed by atoms with E-state index in [1.54, 1.807) is 24.3 Å². The number of carbonyl (C=O) groups is 1. The summed E-state index contributed by atoms with van der Waals surface area (Å²) in [4.78, 5) is 12.0. The number of urea groups is 1. The van der Waals surface area contributed by atoms with Crippen molar-refractivity contribution in [3.05, 3.63) is 59.7 Å². The Labute approximate surface area is 137 Å². The largest absolute Gasteiger partial charge is 0.495 e. The number of hydrogen-bond donors (Lipinski definition) is 2. The minimum atomic E-state index is -4.62. The molecule has 0 radical (unpaired) electrons. The Hall–Kier alpha value is -2.70. The normalized spacial score (nSPS) is 12.4. The van der Waals surface area contributed by atoms with Gasteiger partial charge in [-0.2, -0.15) is 13.2 Å². The third-order valence-electron chi connectivity index (χ3n) is 3.34. The molecule has 2 rings (SSSR count). The van der Waals surface area contributed by atoms with Gasteiger partial charge in [-0.25, -0.2) is 4.79 Å². The number of methoxy groups -OCH3 is 1. The van der Waals surface area contributed by atoms with Gasteiger partial charge in [-0.3, -0.25) is 0 Å². The van der Waals surface area contributed by atoms with Gasteiger partial charge >= 0.3 is 12.2 Å². The van der Waals surface area contributed by atoms with E-state index in [-0.39, 0.29) is 11.3 Å². The standard InChI is InChI=1S/C17H17F3N2O2/c1-11-8-9-13(14(10-11)24-2)21-16(23)22-15(17(18,19)20)12-6-4-3-5-7-12/h3-10,15H,1-2H3,(H2,21,22,23). The van der Waals surface area contributed by atoms with Crippen molar-refractivity contribution in [2.24, 2.45) is 0 Å². The van der Waals surface area contributed by atoms with Crippen LogP contribution in [0.25, 0.3) is 0 Å². The highest BCUT2D eigenvalue weighted by Gasteiger charge is 2.41. The van der Waals surface area contributed by atoms with Crippen LogP contribution in [0.4, 0.5) is 23.7 Å². The monoisotopic (exact) mass is 338 g/mol. The summed E-state index contributed by atoms with van der Waals surface area (Å²) in [5.74, 6) is 0.369.